The van der Waals surface area contributed by atoms with Crippen LogP contribution in [-0.4, -0.2) is 16.1 Å². The average molecular weight is 341 g/mol. The lowest BCUT2D eigenvalue weighted by molar-refractivity contribution is 0.100. The zero-order chi connectivity index (χ0) is 18.3. The molecule has 3 heteroatoms. The fraction of sp³-hybridized carbons (Fsp3) is 0.130. The van der Waals surface area contributed by atoms with Crippen molar-refractivity contribution >= 4 is 33.4 Å². The molecule has 0 saturated heterocycles. The Bertz CT molecular complexity index is 1080. The van der Waals surface area contributed by atoms with Crippen LogP contribution in [0.2, 0.25) is 0 Å². The van der Waals surface area contributed by atoms with Gasteiger partial charge in [-0.1, -0.05) is 30.3 Å². The van der Waals surface area contributed by atoms with Gasteiger partial charge in [0.05, 0.1) is 0 Å². The van der Waals surface area contributed by atoms with Gasteiger partial charge in [-0.2, -0.15) is 0 Å². The summed E-state index contributed by atoms with van der Waals surface area (Å²) in [5.74, 6) is 0.0807. The van der Waals surface area contributed by atoms with Crippen LogP contribution in [0.25, 0.3) is 21.8 Å². The molecule has 0 amide bonds. The molecule has 0 fully saturated rings. The molecule has 1 heterocycles. The van der Waals surface area contributed by atoms with Crippen LogP contribution in [0.3, 0.4) is 0 Å². The first-order valence-electron chi connectivity index (χ1n) is 8.66. The lowest BCUT2D eigenvalue weighted by Gasteiger charge is -2.08. The van der Waals surface area contributed by atoms with E-state index in [1.54, 1.807) is 13.8 Å². The molecule has 4 aromatic rings. The van der Waals surface area contributed by atoms with Gasteiger partial charge in [0, 0.05) is 39.5 Å². The van der Waals surface area contributed by atoms with E-state index >= 15 is 0 Å². The van der Waals surface area contributed by atoms with Gasteiger partial charge in [-0.25, -0.2) is 0 Å². The molecule has 0 aliphatic heterocycles. The van der Waals surface area contributed by atoms with E-state index in [4.69, 9.17) is 0 Å². The molecule has 0 aliphatic carbocycles. The summed E-state index contributed by atoms with van der Waals surface area (Å²) in [4.78, 5) is 23.7. The summed E-state index contributed by atoms with van der Waals surface area (Å²) in [5, 5.41) is 2.01. The quantitative estimate of drug-likeness (QED) is 0.476. The lowest BCUT2D eigenvalue weighted by atomic mass is 10.0. The number of rotatable bonds is 4. The lowest BCUT2D eigenvalue weighted by Crippen LogP contribution is -2.00. The summed E-state index contributed by atoms with van der Waals surface area (Å²) < 4.78 is 2.24. The topological polar surface area (TPSA) is 39.1 Å². The molecule has 0 N–H and O–H groups in total. The number of fused-ring (bicyclic) bond motifs is 3. The highest BCUT2D eigenvalue weighted by Crippen LogP contribution is 2.31. The van der Waals surface area contributed by atoms with Crippen LogP contribution in [0, 0.1) is 0 Å². The standard InChI is InChI=1S/C23H19NO2/c1-15(25)18-8-10-22-20(12-18)21-13-19(16(2)26)9-11-23(21)24(22)14-17-6-4-3-5-7-17/h3-13H,14H2,1-2H3. The zero-order valence-electron chi connectivity index (χ0n) is 14.8. The molecule has 0 radical (unpaired) electrons. The molecule has 3 aromatic carbocycles. The van der Waals surface area contributed by atoms with Crippen molar-refractivity contribution in [3.05, 3.63) is 83.4 Å². The monoisotopic (exact) mass is 341 g/mol. The Kier molecular flexibility index (Phi) is 3.92. The molecule has 0 bridgehead atoms. The highest BCUT2D eigenvalue weighted by Gasteiger charge is 2.14. The molecule has 1 aromatic heterocycles. The molecular formula is C23H19NO2. The van der Waals surface area contributed by atoms with Crippen LogP contribution in [0.4, 0.5) is 0 Å². The predicted octanol–water partition coefficient (Wildman–Crippen LogP) is 5.25. The smallest absolute Gasteiger partial charge is 0.159 e. The fourth-order valence-electron chi connectivity index (χ4n) is 3.48. The minimum absolute atomic E-state index is 0.0404. The Hall–Kier alpha value is -3.20. The summed E-state index contributed by atoms with van der Waals surface area (Å²) in [5.41, 5.74) is 4.70. The van der Waals surface area contributed by atoms with E-state index in [2.05, 4.69) is 16.7 Å². The highest BCUT2D eigenvalue weighted by atomic mass is 16.1. The van der Waals surface area contributed by atoms with Gasteiger partial charge < -0.3 is 4.57 Å². The Labute approximate surface area is 151 Å². The Morgan fingerprint density at radius 1 is 0.731 bits per heavy atom. The maximum atomic E-state index is 11.8. The van der Waals surface area contributed by atoms with Crippen LogP contribution in [-0.2, 0) is 6.54 Å². The molecular weight excluding hydrogens is 322 g/mol. The predicted molar refractivity (Wildman–Crippen MR) is 105 cm³/mol. The number of hydrogen-bond acceptors (Lipinski definition) is 2. The molecule has 4 rings (SSSR count). The van der Waals surface area contributed by atoms with Gasteiger partial charge in [0.25, 0.3) is 0 Å². The van der Waals surface area contributed by atoms with E-state index in [1.165, 1.54) is 5.56 Å². The van der Waals surface area contributed by atoms with Gasteiger partial charge in [-0.05, 0) is 55.8 Å². The van der Waals surface area contributed by atoms with E-state index in [0.29, 0.717) is 11.1 Å². The molecule has 0 unspecified atom stereocenters. The summed E-state index contributed by atoms with van der Waals surface area (Å²) in [6.45, 7) is 3.89. The minimum Gasteiger partial charge on any atom is -0.336 e. The van der Waals surface area contributed by atoms with Gasteiger partial charge in [0.2, 0.25) is 0 Å². The molecule has 0 spiro atoms. The number of hydrogen-bond donors (Lipinski definition) is 0. The van der Waals surface area contributed by atoms with Crippen LogP contribution in [0.15, 0.2) is 66.7 Å². The maximum Gasteiger partial charge on any atom is 0.159 e. The van der Waals surface area contributed by atoms with Crippen molar-refractivity contribution in [1.82, 2.24) is 4.57 Å². The van der Waals surface area contributed by atoms with E-state index in [0.717, 1.165) is 28.4 Å². The summed E-state index contributed by atoms with van der Waals surface area (Å²) in [6.07, 6.45) is 0. The van der Waals surface area contributed by atoms with E-state index in [-0.39, 0.29) is 11.6 Å². The Morgan fingerprint density at radius 3 is 1.69 bits per heavy atom. The second kappa shape index (κ2) is 6.26. The van der Waals surface area contributed by atoms with Gasteiger partial charge in [0.1, 0.15) is 0 Å². The third-order valence-corrected chi connectivity index (χ3v) is 4.86. The maximum absolute atomic E-state index is 11.8. The van der Waals surface area contributed by atoms with Crippen molar-refractivity contribution < 1.29 is 9.59 Å². The van der Waals surface area contributed by atoms with Gasteiger partial charge in [-0.3, -0.25) is 9.59 Å². The fourth-order valence-corrected chi connectivity index (χ4v) is 3.48. The van der Waals surface area contributed by atoms with Gasteiger partial charge in [-0.15, -0.1) is 0 Å². The Balaban J connectivity index is 2.02. The van der Waals surface area contributed by atoms with Crippen molar-refractivity contribution in [3.63, 3.8) is 0 Å². The SMILES string of the molecule is CC(=O)c1ccc2c(c1)c1cc(C(C)=O)ccc1n2Cc1ccccc1. The van der Waals surface area contributed by atoms with E-state index in [9.17, 15) is 9.59 Å². The first-order chi connectivity index (χ1) is 12.5. The van der Waals surface area contributed by atoms with E-state index in [1.807, 2.05) is 54.6 Å². The largest absolute Gasteiger partial charge is 0.336 e. The molecule has 26 heavy (non-hydrogen) atoms. The number of benzene rings is 3. The van der Waals surface area contributed by atoms with Gasteiger partial charge in [0.15, 0.2) is 11.6 Å². The third kappa shape index (κ3) is 2.72. The van der Waals surface area contributed by atoms with Crippen LogP contribution >= 0.6 is 0 Å². The number of Topliss-reactive ketones (excluding diaryl/α,β-unsaturated/α-hetero) is 2. The number of carbonyl (C=O) groups is 2. The van der Waals surface area contributed by atoms with Gasteiger partial charge >= 0.3 is 0 Å². The minimum atomic E-state index is 0.0404. The summed E-state index contributed by atoms with van der Waals surface area (Å²) >= 11 is 0. The highest BCUT2D eigenvalue weighted by molar-refractivity contribution is 6.12. The summed E-state index contributed by atoms with van der Waals surface area (Å²) in [7, 11) is 0. The van der Waals surface area contributed by atoms with Crippen LogP contribution < -0.4 is 0 Å². The van der Waals surface area contributed by atoms with Crippen molar-refractivity contribution in [2.24, 2.45) is 0 Å². The zero-order valence-corrected chi connectivity index (χ0v) is 14.8. The normalized spacial score (nSPS) is 11.2. The van der Waals surface area contributed by atoms with Crippen LogP contribution in [0.5, 0.6) is 0 Å². The number of carbonyl (C=O) groups excluding carboxylic acids is 2. The van der Waals surface area contributed by atoms with Crippen molar-refractivity contribution in [2.75, 3.05) is 0 Å². The van der Waals surface area contributed by atoms with Crippen molar-refractivity contribution in [1.29, 1.82) is 0 Å². The number of nitrogens with zero attached hydrogens (tertiary/aromatic N) is 1. The molecule has 0 saturated carbocycles. The second-order valence-corrected chi connectivity index (χ2v) is 6.65. The van der Waals surface area contributed by atoms with Crippen LogP contribution in [0.1, 0.15) is 40.1 Å². The first kappa shape index (κ1) is 16.3. The third-order valence-electron chi connectivity index (χ3n) is 4.86. The molecule has 0 atom stereocenters. The molecule has 3 nitrogen and oxygen atoms in total. The van der Waals surface area contributed by atoms with Crippen molar-refractivity contribution in [2.45, 2.75) is 20.4 Å². The number of ketones is 2. The number of aromatic nitrogens is 1. The first-order valence-corrected chi connectivity index (χ1v) is 8.66. The van der Waals surface area contributed by atoms with E-state index < -0.39 is 0 Å². The van der Waals surface area contributed by atoms with Crippen molar-refractivity contribution in [3.8, 4) is 0 Å². The molecule has 0 aliphatic rings. The Morgan fingerprint density at radius 2 is 1.23 bits per heavy atom. The summed E-state index contributed by atoms with van der Waals surface area (Å²) in [6, 6.07) is 21.9. The second-order valence-electron chi connectivity index (χ2n) is 6.65. The average Bonchev–Trinajstić information content (AvgIpc) is 2.95. The molecule has 128 valence electrons.